The largest absolute Gasteiger partial charge is 0.389 e. The lowest BCUT2D eigenvalue weighted by atomic mass is 9.65. The molecule has 0 bridgehead atoms. The maximum absolute atomic E-state index is 10.8. The van der Waals surface area contributed by atoms with Gasteiger partial charge in [-0.1, -0.05) is 20.8 Å². The Hall–Kier alpha value is -0.120. The molecule has 0 aromatic carbocycles. The highest BCUT2D eigenvalue weighted by Gasteiger charge is 2.49. The van der Waals surface area contributed by atoms with Crippen LogP contribution in [0.3, 0.4) is 0 Å². The third-order valence-corrected chi connectivity index (χ3v) is 4.87. The minimum Gasteiger partial charge on any atom is -0.389 e. The van der Waals surface area contributed by atoms with Crippen molar-refractivity contribution in [2.24, 2.45) is 11.3 Å². The van der Waals surface area contributed by atoms with Gasteiger partial charge in [0.1, 0.15) is 0 Å². The highest BCUT2D eigenvalue weighted by Crippen LogP contribution is 2.46. The zero-order valence-corrected chi connectivity index (χ0v) is 11.6. The Bertz CT molecular complexity index is 272. The quantitative estimate of drug-likeness (QED) is 0.767. The van der Waals surface area contributed by atoms with Crippen LogP contribution in [0.25, 0.3) is 0 Å². The molecule has 3 nitrogen and oxygen atoms in total. The molecule has 0 aliphatic carbocycles. The van der Waals surface area contributed by atoms with Gasteiger partial charge in [-0.05, 0) is 31.1 Å². The topological polar surface area (TPSA) is 38.7 Å². The molecule has 2 aliphatic heterocycles. The van der Waals surface area contributed by atoms with Gasteiger partial charge in [-0.2, -0.15) is 0 Å². The summed E-state index contributed by atoms with van der Waals surface area (Å²) in [4.78, 5) is 0. The highest BCUT2D eigenvalue weighted by atomic mass is 16.6. The third-order valence-electron chi connectivity index (χ3n) is 4.87. The van der Waals surface area contributed by atoms with Crippen LogP contribution < -0.4 is 0 Å². The fraction of sp³-hybridized carbons (Fsp3) is 1.00. The lowest BCUT2D eigenvalue weighted by Gasteiger charge is -2.48. The van der Waals surface area contributed by atoms with Crippen molar-refractivity contribution in [1.82, 2.24) is 0 Å². The van der Waals surface area contributed by atoms with Crippen molar-refractivity contribution in [1.29, 1.82) is 0 Å². The van der Waals surface area contributed by atoms with Gasteiger partial charge in [0, 0.05) is 19.6 Å². The molecule has 2 saturated heterocycles. The normalized spacial score (nSPS) is 38.3. The molecule has 2 rings (SSSR count). The first-order valence-electron chi connectivity index (χ1n) is 6.71. The molecule has 3 unspecified atom stereocenters. The van der Waals surface area contributed by atoms with Crippen LogP contribution in [-0.2, 0) is 9.47 Å². The van der Waals surface area contributed by atoms with Crippen LogP contribution in [0.2, 0.25) is 0 Å². The van der Waals surface area contributed by atoms with Gasteiger partial charge in [-0.3, -0.25) is 0 Å². The summed E-state index contributed by atoms with van der Waals surface area (Å²) in [6.45, 7) is 10.6. The van der Waals surface area contributed by atoms with Gasteiger partial charge in [0.2, 0.25) is 0 Å². The van der Waals surface area contributed by atoms with E-state index >= 15 is 0 Å². The first kappa shape index (κ1) is 13.3. The fourth-order valence-corrected chi connectivity index (χ4v) is 2.98. The van der Waals surface area contributed by atoms with Gasteiger partial charge < -0.3 is 14.6 Å². The monoisotopic (exact) mass is 242 g/mol. The van der Waals surface area contributed by atoms with Crippen LogP contribution in [0.1, 0.15) is 47.0 Å². The molecule has 17 heavy (non-hydrogen) atoms. The SMILES string of the molecule is CC(C)(C)C(C)(O)C1CCOC2(CCOC2)C1. The average molecular weight is 242 g/mol. The molecule has 2 fully saturated rings. The molecule has 100 valence electrons. The summed E-state index contributed by atoms with van der Waals surface area (Å²) in [7, 11) is 0. The van der Waals surface area contributed by atoms with Crippen molar-refractivity contribution < 1.29 is 14.6 Å². The van der Waals surface area contributed by atoms with E-state index in [1.165, 1.54) is 0 Å². The van der Waals surface area contributed by atoms with E-state index in [0.717, 1.165) is 32.5 Å². The first-order valence-corrected chi connectivity index (χ1v) is 6.71. The van der Waals surface area contributed by atoms with E-state index in [4.69, 9.17) is 9.47 Å². The minimum atomic E-state index is -0.646. The van der Waals surface area contributed by atoms with E-state index in [1.807, 2.05) is 6.92 Å². The summed E-state index contributed by atoms with van der Waals surface area (Å²) < 4.78 is 11.4. The third kappa shape index (κ3) is 2.38. The summed E-state index contributed by atoms with van der Waals surface area (Å²) in [5, 5.41) is 10.8. The second-order valence-electron chi connectivity index (χ2n) is 6.92. The van der Waals surface area contributed by atoms with Crippen molar-refractivity contribution in [2.75, 3.05) is 19.8 Å². The van der Waals surface area contributed by atoms with E-state index in [0.29, 0.717) is 12.5 Å². The van der Waals surface area contributed by atoms with Gasteiger partial charge in [0.25, 0.3) is 0 Å². The standard InChI is InChI=1S/C14H26O3/c1-12(2,3)13(4,15)11-5-7-17-14(9-11)6-8-16-10-14/h11,15H,5-10H2,1-4H3. The van der Waals surface area contributed by atoms with Crippen LogP contribution in [0, 0.1) is 11.3 Å². The molecule has 2 heterocycles. The van der Waals surface area contributed by atoms with Gasteiger partial charge in [0.05, 0.1) is 17.8 Å². The van der Waals surface area contributed by atoms with Gasteiger partial charge >= 0.3 is 0 Å². The molecule has 1 N–H and O–H groups in total. The Morgan fingerprint density at radius 2 is 1.88 bits per heavy atom. The summed E-state index contributed by atoms with van der Waals surface area (Å²) in [5.74, 6) is 0.304. The fourth-order valence-electron chi connectivity index (χ4n) is 2.98. The molecule has 0 radical (unpaired) electrons. The van der Waals surface area contributed by atoms with E-state index in [-0.39, 0.29) is 11.0 Å². The molecule has 0 amide bonds. The summed E-state index contributed by atoms with van der Waals surface area (Å²) in [5.41, 5.74) is -0.861. The van der Waals surface area contributed by atoms with Crippen LogP contribution in [0.5, 0.6) is 0 Å². The molecule has 2 aliphatic rings. The van der Waals surface area contributed by atoms with E-state index < -0.39 is 5.60 Å². The predicted octanol–water partition coefficient (Wildman–Crippen LogP) is 2.37. The molecular weight excluding hydrogens is 216 g/mol. The van der Waals surface area contributed by atoms with Crippen molar-refractivity contribution in [3.05, 3.63) is 0 Å². The van der Waals surface area contributed by atoms with Crippen LogP contribution in [-0.4, -0.2) is 36.1 Å². The van der Waals surface area contributed by atoms with Crippen LogP contribution in [0.15, 0.2) is 0 Å². The smallest absolute Gasteiger partial charge is 0.0940 e. The molecule has 3 heteroatoms. The molecule has 0 aromatic heterocycles. The summed E-state index contributed by atoms with van der Waals surface area (Å²) >= 11 is 0. The predicted molar refractivity (Wildman–Crippen MR) is 66.9 cm³/mol. The zero-order valence-electron chi connectivity index (χ0n) is 11.6. The molecule has 3 atom stereocenters. The van der Waals surface area contributed by atoms with Gasteiger partial charge in [-0.15, -0.1) is 0 Å². The van der Waals surface area contributed by atoms with Crippen LogP contribution >= 0.6 is 0 Å². The molecular formula is C14H26O3. The van der Waals surface area contributed by atoms with Gasteiger partial charge in [-0.25, -0.2) is 0 Å². The zero-order chi connectivity index (χ0) is 12.7. The second kappa shape index (κ2) is 4.22. The first-order chi connectivity index (χ1) is 7.77. The Kier molecular flexibility index (Phi) is 3.30. The summed E-state index contributed by atoms with van der Waals surface area (Å²) in [6.07, 6.45) is 2.85. The maximum atomic E-state index is 10.8. The van der Waals surface area contributed by atoms with E-state index in [2.05, 4.69) is 20.8 Å². The van der Waals surface area contributed by atoms with Crippen molar-refractivity contribution >= 4 is 0 Å². The molecule has 1 spiro atoms. The number of hydrogen-bond acceptors (Lipinski definition) is 3. The molecule has 0 aromatic rings. The lowest BCUT2D eigenvalue weighted by molar-refractivity contribution is -0.166. The van der Waals surface area contributed by atoms with Crippen molar-refractivity contribution in [3.63, 3.8) is 0 Å². The number of rotatable bonds is 1. The Balaban J connectivity index is 2.12. The molecule has 0 saturated carbocycles. The average Bonchev–Trinajstić information content (AvgIpc) is 2.65. The Morgan fingerprint density at radius 1 is 1.18 bits per heavy atom. The Labute approximate surface area is 104 Å². The lowest BCUT2D eigenvalue weighted by Crippen LogP contribution is -2.53. The Morgan fingerprint density at radius 3 is 2.41 bits per heavy atom. The van der Waals surface area contributed by atoms with E-state index in [9.17, 15) is 5.11 Å². The van der Waals surface area contributed by atoms with E-state index in [1.54, 1.807) is 0 Å². The maximum Gasteiger partial charge on any atom is 0.0940 e. The minimum absolute atomic E-state index is 0.102. The highest BCUT2D eigenvalue weighted by molar-refractivity contribution is 4.99. The van der Waals surface area contributed by atoms with Crippen LogP contribution in [0.4, 0.5) is 0 Å². The number of hydrogen-bond donors (Lipinski definition) is 1. The van der Waals surface area contributed by atoms with Gasteiger partial charge in [0.15, 0.2) is 0 Å². The second-order valence-corrected chi connectivity index (χ2v) is 6.92. The number of ether oxygens (including phenoxy) is 2. The summed E-state index contributed by atoms with van der Waals surface area (Å²) in [6, 6.07) is 0. The van der Waals surface area contributed by atoms with Crippen molar-refractivity contribution in [2.45, 2.75) is 58.2 Å². The van der Waals surface area contributed by atoms with Crippen molar-refractivity contribution in [3.8, 4) is 0 Å². The number of aliphatic hydroxyl groups is 1.